The van der Waals surface area contributed by atoms with Gasteiger partial charge in [0.25, 0.3) is 5.91 Å². The number of amides is 1. The average Bonchev–Trinajstić information content (AvgIpc) is 3.11. The fourth-order valence-corrected chi connectivity index (χ4v) is 6.80. The van der Waals surface area contributed by atoms with E-state index in [0.717, 1.165) is 10.5 Å². The number of aromatic nitrogens is 4. The molecule has 1 aromatic carbocycles. The van der Waals surface area contributed by atoms with Crippen LogP contribution in [0.5, 0.6) is 0 Å². The highest BCUT2D eigenvalue weighted by Gasteiger charge is 2.63. The minimum absolute atomic E-state index is 0.0203. The van der Waals surface area contributed by atoms with Crippen LogP contribution in [0.2, 0.25) is 0 Å². The van der Waals surface area contributed by atoms with Gasteiger partial charge < -0.3 is 10.8 Å². The van der Waals surface area contributed by atoms with Gasteiger partial charge in [-0.3, -0.25) is 9.69 Å². The lowest BCUT2D eigenvalue weighted by Crippen LogP contribution is -2.76. The van der Waals surface area contributed by atoms with Crippen LogP contribution < -0.4 is 5.73 Å². The van der Waals surface area contributed by atoms with Crippen LogP contribution in [0.3, 0.4) is 0 Å². The fourth-order valence-electron chi connectivity index (χ4n) is 3.12. The number of fused-ring (bicyclic) bond motifs is 1. The van der Waals surface area contributed by atoms with E-state index in [-0.39, 0.29) is 11.6 Å². The number of hydrogen-bond donors (Lipinski definition) is 2. The van der Waals surface area contributed by atoms with Crippen molar-refractivity contribution in [2.45, 2.75) is 27.2 Å². The van der Waals surface area contributed by atoms with Crippen molar-refractivity contribution < 1.29 is 14.7 Å². The monoisotopic (exact) mass is 450 g/mol. The average molecular weight is 451 g/mol. The molecule has 1 fully saturated rings. The number of carbonyl (C=O) groups excluding carboxylic acids is 1. The van der Waals surface area contributed by atoms with Gasteiger partial charge in [-0.05, 0) is 35.1 Å². The van der Waals surface area contributed by atoms with Gasteiger partial charge in [-0.25, -0.2) is 9.48 Å². The Bertz CT molecular complexity index is 1010. The van der Waals surface area contributed by atoms with Crippen molar-refractivity contribution in [1.82, 2.24) is 25.1 Å². The number of thioether (sulfide) groups is 3. The van der Waals surface area contributed by atoms with Crippen molar-refractivity contribution in [3.05, 3.63) is 41.1 Å². The number of nitrogens with two attached hydrogens (primary N) is 1. The number of aryl methyl sites for hydroxylation is 2. The normalized spacial score (nSPS) is 23.8. The van der Waals surface area contributed by atoms with Crippen LogP contribution in [0.1, 0.15) is 5.56 Å². The molecule has 1 aromatic heterocycles. The minimum Gasteiger partial charge on any atom is -0.477 e. The van der Waals surface area contributed by atoms with Crippen LogP contribution >= 0.6 is 35.3 Å². The number of carboxylic acids is 1. The van der Waals surface area contributed by atoms with E-state index in [0.29, 0.717) is 22.2 Å². The Labute approximate surface area is 179 Å². The molecule has 1 amide bonds. The molecule has 1 saturated heterocycles. The van der Waals surface area contributed by atoms with Gasteiger partial charge in [0.05, 0.1) is 0 Å². The molecule has 2 aromatic rings. The van der Waals surface area contributed by atoms with Crippen molar-refractivity contribution in [1.29, 1.82) is 0 Å². The first-order valence-electron chi connectivity index (χ1n) is 8.61. The zero-order valence-electron chi connectivity index (χ0n) is 15.6. The molecule has 0 aliphatic carbocycles. The maximum Gasteiger partial charge on any atom is 0.352 e. The zero-order chi connectivity index (χ0) is 20.8. The molecule has 152 valence electrons. The summed E-state index contributed by atoms with van der Waals surface area (Å²) in [6.45, 7) is 1.99. The number of benzene rings is 1. The van der Waals surface area contributed by atoms with E-state index in [1.807, 2.05) is 31.2 Å². The quantitative estimate of drug-likeness (QED) is 0.378. The van der Waals surface area contributed by atoms with Gasteiger partial charge in [-0.15, -0.1) is 16.9 Å². The van der Waals surface area contributed by atoms with Crippen LogP contribution in [0.25, 0.3) is 0 Å². The van der Waals surface area contributed by atoms with Gasteiger partial charge in [0, 0.05) is 23.4 Å². The first-order chi connectivity index (χ1) is 13.8. The van der Waals surface area contributed by atoms with E-state index in [1.165, 1.54) is 44.9 Å². The molecule has 2 unspecified atom stereocenters. The third-order valence-corrected chi connectivity index (χ3v) is 8.52. The number of carbonyl (C=O) groups is 2. The van der Waals surface area contributed by atoms with Crippen LogP contribution in [0, 0.1) is 6.92 Å². The standard InChI is InChI=1S/C17H18N6O3S3/c1-9-3-5-11(6-4-9)29-17(18)14(26)23-12(13(24)25)10(7-27-15(17)23)8-28-16-19-20-21-22(16)2/h3-6,15H,7-8,18H2,1-2H3,(H,24,25). The van der Waals surface area contributed by atoms with Crippen LogP contribution in [0.4, 0.5) is 0 Å². The molecule has 0 spiro atoms. The number of nitrogens with zero attached hydrogens (tertiary/aromatic N) is 5. The second-order valence-electron chi connectivity index (χ2n) is 6.68. The maximum atomic E-state index is 13.0. The van der Waals surface area contributed by atoms with E-state index in [2.05, 4.69) is 15.5 Å². The van der Waals surface area contributed by atoms with Crippen molar-refractivity contribution in [3.63, 3.8) is 0 Å². The van der Waals surface area contributed by atoms with Gasteiger partial charge in [0.2, 0.25) is 5.16 Å². The summed E-state index contributed by atoms with van der Waals surface area (Å²) < 4.78 is 1.52. The largest absolute Gasteiger partial charge is 0.477 e. The Kier molecular flexibility index (Phi) is 5.36. The first-order valence-corrected chi connectivity index (χ1v) is 11.5. The summed E-state index contributed by atoms with van der Waals surface area (Å²) in [5.41, 5.74) is 8.24. The third-order valence-electron chi connectivity index (χ3n) is 4.61. The highest BCUT2D eigenvalue weighted by Crippen LogP contribution is 2.52. The number of carboxylic acid groups (broad SMARTS) is 1. The smallest absolute Gasteiger partial charge is 0.352 e. The Morgan fingerprint density at radius 3 is 2.76 bits per heavy atom. The van der Waals surface area contributed by atoms with Crippen LogP contribution in [0.15, 0.2) is 45.6 Å². The molecule has 4 rings (SSSR count). The SMILES string of the molecule is Cc1ccc(SC2(N)C(=O)N3C(C(=O)O)=C(CSc4nnnn4C)CSC32)cc1. The van der Waals surface area contributed by atoms with Crippen molar-refractivity contribution >= 4 is 47.2 Å². The molecule has 12 heteroatoms. The predicted octanol–water partition coefficient (Wildman–Crippen LogP) is 1.31. The lowest BCUT2D eigenvalue weighted by molar-refractivity contribution is -0.149. The van der Waals surface area contributed by atoms with E-state index >= 15 is 0 Å². The van der Waals surface area contributed by atoms with E-state index in [9.17, 15) is 14.7 Å². The zero-order valence-corrected chi connectivity index (χ0v) is 18.1. The summed E-state index contributed by atoms with van der Waals surface area (Å²) >= 11 is 4.09. The fraction of sp³-hybridized carbons (Fsp3) is 0.353. The summed E-state index contributed by atoms with van der Waals surface area (Å²) in [7, 11) is 1.71. The number of hydrogen-bond acceptors (Lipinski definition) is 9. The van der Waals surface area contributed by atoms with Crippen molar-refractivity contribution in [2.75, 3.05) is 11.5 Å². The molecule has 29 heavy (non-hydrogen) atoms. The Morgan fingerprint density at radius 2 is 2.14 bits per heavy atom. The first kappa shape index (κ1) is 20.3. The number of rotatable bonds is 6. The van der Waals surface area contributed by atoms with Gasteiger partial charge in [-0.1, -0.05) is 41.2 Å². The highest BCUT2D eigenvalue weighted by atomic mass is 32.2. The van der Waals surface area contributed by atoms with E-state index < -0.39 is 16.2 Å². The van der Waals surface area contributed by atoms with Gasteiger partial charge >= 0.3 is 5.97 Å². The molecular weight excluding hydrogens is 432 g/mol. The Morgan fingerprint density at radius 1 is 1.41 bits per heavy atom. The number of tetrazole rings is 1. The molecule has 2 aliphatic rings. The van der Waals surface area contributed by atoms with Crippen molar-refractivity contribution in [2.24, 2.45) is 12.8 Å². The third kappa shape index (κ3) is 3.54. The van der Waals surface area contributed by atoms with E-state index in [1.54, 1.807) is 7.05 Å². The topological polar surface area (TPSA) is 127 Å². The molecule has 3 heterocycles. The highest BCUT2D eigenvalue weighted by molar-refractivity contribution is 8.05. The lowest BCUT2D eigenvalue weighted by atomic mass is 10.0. The molecule has 2 atom stereocenters. The summed E-state index contributed by atoms with van der Waals surface area (Å²) in [6.07, 6.45) is 0. The Hall–Kier alpha value is -2.02. The maximum absolute atomic E-state index is 13.0. The molecule has 0 bridgehead atoms. The summed E-state index contributed by atoms with van der Waals surface area (Å²) in [5, 5.41) is 21.2. The van der Waals surface area contributed by atoms with Crippen LogP contribution in [-0.2, 0) is 16.6 Å². The summed E-state index contributed by atoms with van der Waals surface area (Å²) in [4.78, 5) is 25.9. The second kappa shape index (κ2) is 7.67. The van der Waals surface area contributed by atoms with E-state index in [4.69, 9.17) is 5.73 Å². The molecule has 3 N–H and O–H groups in total. The van der Waals surface area contributed by atoms with Gasteiger partial charge in [0.15, 0.2) is 4.87 Å². The molecule has 9 nitrogen and oxygen atoms in total. The van der Waals surface area contributed by atoms with Crippen molar-refractivity contribution in [3.8, 4) is 0 Å². The van der Waals surface area contributed by atoms with Crippen LogP contribution in [-0.4, -0.2) is 63.8 Å². The minimum atomic E-state index is -1.19. The predicted molar refractivity (Wildman–Crippen MR) is 111 cm³/mol. The second-order valence-corrected chi connectivity index (χ2v) is 10.0. The lowest BCUT2D eigenvalue weighted by Gasteiger charge is -2.54. The Balaban J connectivity index is 1.56. The molecule has 2 aliphatic heterocycles. The molecule has 0 radical (unpaired) electrons. The van der Waals surface area contributed by atoms with Gasteiger partial charge in [0.1, 0.15) is 11.1 Å². The summed E-state index contributed by atoms with van der Waals surface area (Å²) in [6, 6.07) is 7.76. The molecular formula is C17H18N6O3S3. The van der Waals surface area contributed by atoms with Gasteiger partial charge in [-0.2, -0.15) is 0 Å². The number of β-lactam (4-membered cyclic amide) rings is 1. The molecule has 0 saturated carbocycles. The summed E-state index contributed by atoms with van der Waals surface area (Å²) in [5.74, 6) is -0.665. The number of aliphatic carboxylic acids is 1.